The minimum absolute atomic E-state index is 0.0145. The van der Waals surface area contributed by atoms with Gasteiger partial charge in [-0.3, -0.25) is 34.8 Å². The molecule has 0 unspecified atom stereocenters. The summed E-state index contributed by atoms with van der Waals surface area (Å²) in [5.74, 6) is -5.48. The van der Waals surface area contributed by atoms with Crippen molar-refractivity contribution in [3.63, 3.8) is 0 Å². The number of hydrogen-bond donors (Lipinski definition) is 7. The second-order valence-electron chi connectivity index (χ2n) is 19.1. The highest BCUT2D eigenvalue weighted by molar-refractivity contribution is 6.17. The number of rotatable bonds is 6. The Kier molecular flexibility index (Phi) is 14.8. The molecule has 4 aromatic rings. The maximum atomic E-state index is 15.0. The summed E-state index contributed by atoms with van der Waals surface area (Å²) in [7, 11) is 1.42. The third-order valence-electron chi connectivity index (χ3n) is 13.6. The number of nitrogens with zero attached hydrogens (tertiary/aromatic N) is 3. The Morgan fingerprint density at radius 3 is 2.36 bits per heavy atom. The van der Waals surface area contributed by atoms with E-state index in [1.807, 2.05) is 0 Å². The Morgan fingerprint density at radius 1 is 1.03 bits per heavy atom. The Morgan fingerprint density at radius 2 is 1.72 bits per heavy atom. The molecule has 372 valence electrons. The van der Waals surface area contributed by atoms with Crippen molar-refractivity contribution in [3.05, 3.63) is 79.5 Å². The molecular formula is C50H64N6O13. The number of carbonyl (C=O) groups excluding carboxylic acids is 2. The number of fused-ring (bicyclic) bond motifs is 2. The van der Waals surface area contributed by atoms with E-state index < -0.39 is 82.5 Å². The molecule has 8 N–H and O–H groups in total. The summed E-state index contributed by atoms with van der Waals surface area (Å²) in [4.78, 5) is 64.8. The fraction of sp³-hybridized carbons (Fsp3) is 0.500. The van der Waals surface area contributed by atoms with E-state index in [1.165, 1.54) is 65.4 Å². The zero-order valence-corrected chi connectivity index (χ0v) is 40.7. The first kappa shape index (κ1) is 50.8. The number of allylic oxidation sites excluding steroid dienone is 2. The van der Waals surface area contributed by atoms with Crippen molar-refractivity contribution in [1.29, 1.82) is 0 Å². The molecule has 1 amide bonds. The number of aromatic hydroxyl groups is 1. The highest BCUT2D eigenvalue weighted by Gasteiger charge is 2.44. The third kappa shape index (κ3) is 9.63. The summed E-state index contributed by atoms with van der Waals surface area (Å²) >= 11 is 0. The van der Waals surface area contributed by atoms with E-state index in [0.29, 0.717) is 24.7 Å². The van der Waals surface area contributed by atoms with Crippen molar-refractivity contribution >= 4 is 61.9 Å². The lowest BCUT2D eigenvalue weighted by Gasteiger charge is -2.37. The summed E-state index contributed by atoms with van der Waals surface area (Å²) in [6, 6.07) is 1.93. The maximum Gasteiger partial charge on any atom is 0.302 e. The van der Waals surface area contributed by atoms with Crippen LogP contribution in [0.2, 0.25) is 0 Å². The number of amides is 1. The van der Waals surface area contributed by atoms with Crippen molar-refractivity contribution in [2.75, 3.05) is 50.1 Å². The van der Waals surface area contributed by atoms with Gasteiger partial charge in [-0.25, -0.2) is 4.98 Å². The number of carbonyl (C=O) groups is 2. The molecule has 1 saturated heterocycles. The number of nitrogens with two attached hydrogens (primary N) is 1. The van der Waals surface area contributed by atoms with E-state index in [2.05, 4.69) is 34.4 Å². The second kappa shape index (κ2) is 20.1. The highest BCUT2D eigenvalue weighted by Crippen LogP contribution is 2.42. The van der Waals surface area contributed by atoms with Crippen LogP contribution in [0.5, 0.6) is 11.5 Å². The number of ether oxygens (including phenoxy) is 4. The van der Waals surface area contributed by atoms with Gasteiger partial charge < -0.3 is 54.6 Å². The minimum atomic E-state index is -1.91. The molecule has 1 fully saturated rings. The van der Waals surface area contributed by atoms with Gasteiger partial charge in [0.15, 0.2) is 16.7 Å². The molecule has 0 spiro atoms. The molecule has 19 nitrogen and oxygen atoms in total. The van der Waals surface area contributed by atoms with E-state index in [0.717, 1.165) is 19.6 Å². The number of aliphatic hydroxyl groups is 2. The van der Waals surface area contributed by atoms with Crippen LogP contribution in [0.3, 0.4) is 0 Å². The number of benzene rings is 3. The van der Waals surface area contributed by atoms with Crippen molar-refractivity contribution in [2.45, 2.75) is 98.6 Å². The summed E-state index contributed by atoms with van der Waals surface area (Å²) < 4.78 is 30.7. The molecule has 0 radical (unpaired) electrons. The number of hydroxylamine groups is 1. The number of anilines is 2. The van der Waals surface area contributed by atoms with Gasteiger partial charge in [0.1, 0.15) is 34.5 Å². The number of methoxy groups -OCH3 is 1. The van der Waals surface area contributed by atoms with E-state index in [4.69, 9.17) is 34.1 Å². The summed E-state index contributed by atoms with van der Waals surface area (Å²) in [6.45, 7) is 18.9. The molecule has 4 bridgehead atoms. The molecule has 9 atom stereocenters. The van der Waals surface area contributed by atoms with Gasteiger partial charge in [0.05, 0.1) is 41.2 Å². The molecular weight excluding hydrogens is 893 g/mol. The summed E-state index contributed by atoms with van der Waals surface area (Å²) in [5.41, 5.74) is 7.08. The average molecular weight is 957 g/mol. The predicted octanol–water partition coefficient (Wildman–Crippen LogP) is 3.45. The molecule has 7 rings (SSSR count). The lowest BCUT2D eigenvalue weighted by Crippen LogP contribution is -2.53. The van der Waals surface area contributed by atoms with E-state index in [9.17, 15) is 39.7 Å². The smallest absolute Gasteiger partial charge is 0.302 e. The highest BCUT2D eigenvalue weighted by atomic mass is 16.7. The fourth-order valence-electron chi connectivity index (χ4n) is 9.68. The van der Waals surface area contributed by atoms with Crippen molar-refractivity contribution in [2.24, 2.45) is 29.4 Å². The van der Waals surface area contributed by atoms with Gasteiger partial charge in [-0.15, -0.1) is 0 Å². The molecule has 1 aromatic heterocycles. The molecule has 19 heteroatoms. The molecule has 3 aliphatic rings. The van der Waals surface area contributed by atoms with Gasteiger partial charge in [0.25, 0.3) is 11.7 Å². The van der Waals surface area contributed by atoms with Crippen LogP contribution in [0.4, 0.5) is 11.4 Å². The number of aliphatic hydroxyl groups excluding tert-OH is 2. The summed E-state index contributed by atoms with van der Waals surface area (Å²) in [6.07, 6.45) is 2.81. The fourth-order valence-corrected chi connectivity index (χ4v) is 9.68. The molecule has 0 saturated carbocycles. The number of nitrogens with one attached hydrogen (secondary N) is 2. The Labute approximate surface area is 398 Å². The Bertz CT molecular complexity index is 2930. The van der Waals surface area contributed by atoms with Crippen LogP contribution in [-0.2, 0) is 23.8 Å². The lowest BCUT2D eigenvalue weighted by atomic mass is 9.81. The predicted molar refractivity (Wildman–Crippen MR) is 260 cm³/mol. The second-order valence-corrected chi connectivity index (χ2v) is 19.1. The quantitative estimate of drug-likeness (QED) is 0.0631. The van der Waals surface area contributed by atoms with Crippen LogP contribution < -0.4 is 42.2 Å². The summed E-state index contributed by atoms with van der Waals surface area (Å²) in [5, 5.41) is 48.0. The van der Waals surface area contributed by atoms with E-state index in [1.54, 1.807) is 32.9 Å². The zero-order valence-electron chi connectivity index (χ0n) is 40.7. The number of esters is 1. The van der Waals surface area contributed by atoms with Crippen LogP contribution in [0, 0.1) is 30.6 Å². The first-order chi connectivity index (χ1) is 32.6. The topological polar surface area (TPSA) is 269 Å². The van der Waals surface area contributed by atoms with E-state index >= 15 is 0 Å². The molecule has 4 heterocycles. The monoisotopic (exact) mass is 956 g/mol. The number of piperazine rings is 1. The number of phenolic OH excluding ortho intramolecular Hbond substituents is 1. The van der Waals surface area contributed by atoms with Gasteiger partial charge >= 0.3 is 5.97 Å². The van der Waals surface area contributed by atoms with Gasteiger partial charge in [-0.1, -0.05) is 52.8 Å². The third-order valence-corrected chi connectivity index (χ3v) is 13.6. The van der Waals surface area contributed by atoms with Crippen molar-refractivity contribution in [3.8, 4) is 11.5 Å². The van der Waals surface area contributed by atoms with Gasteiger partial charge in [0.2, 0.25) is 10.9 Å². The number of aromatic nitrogens is 1. The first-order valence-electron chi connectivity index (χ1n) is 23.2. The average Bonchev–Trinajstić information content (AvgIpc) is 3.61. The first-order valence-corrected chi connectivity index (χ1v) is 23.2. The van der Waals surface area contributed by atoms with Gasteiger partial charge in [-0.05, 0) is 25.8 Å². The lowest BCUT2D eigenvalue weighted by molar-refractivity contribution is -0.159. The van der Waals surface area contributed by atoms with Crippen LogP contribution in [0.15, 0.2) is 62.3 Å². The van der Waals surface area contributed by atoms with Crippen molar-refractivity contribution < 1.29 is 53.5 Å². The van der Waals surface area contributed by atoms with Gasteiger partial charge in [0, 0.05) is 106 Å². The molecule has 3 aromatic carbocycles. The zero-order chi connectivity index (χ0) is 50.4. The van der Waals surface area contributed by atoms with Crippen LogP contribution in [0.25, 0.3) is 38.7 Å². The molecule has 69 heavy (non-hydrogen) atoms. The maximum absolute atomic E-state index is 15.0. The Hall–Kier alpha value is -6.09. The minimum Gasteiger partial charge on any atom is -0.507 e. The number of phenols is 1. The standard InChI is InChI=1S/C50H64N6O13/c1-23(2)22-55-15-17-56(18-16-55)30-20-31(58)38-33(21-30)68-47-39(52-38)34-35-42(60)27(6)46-36(34)48(54-64)50(9,69-46)66-19-14-32(65-10)26(5)45(67-29(8)57)28(7)43(61)37(51)41(59)24(3)12-11-13-25(4)49(63)53-40(47)44(35)62/h11-14,19-21,23-24,26,28,32,37,41,43,45,54,59-61,64H,15-18,22,51H2,1-10H3,(H,53,63)/b12-11+,19-14+,25-13-/t24-,26+,28+,32-,37+,41-,43-,45+,50-/m0/s1. The van der Waals surface area contributed by atoms with Crippen LogP contribution in [0.1, 0.15) is 61.0 Å². The van der Waals surface area contributed by atoms with E-state index in [-0.39, 0.29) is 66.5 Å². The Balaban J connectivity index is 1.47. The van der Waals surface area contributed by atoms with Crippen LogP contribution >= 0.6 is 0 Å². The van der Waals surface area contributed by atoms with Gasteiger partial charge in [-0.2, -0.15) is 0 Å². The molecule has 0 aliphatic carbocycles. The normalized spacial score (nSPS) is 29.2. The number of hydrogen-bond acceptors (Lipinski definition) is 18. The van der Waals surface area contributed by atoms with Crippen molar-refractivity contribution in [1.82, 2.24) is 15.4 Å². The largest absolute Gasteiger partial charge is 0.507 e. The van der Waals surface area contributed by atoms with Crippen LogP contribution in [-0.4, -0.2) is 118 Å². The SMILES string of the molecule is CO[C@H]1/C=C/O[C@@]2(C)Oc3c(C)c(O)c4c(=O)c(c5oc6cc(N7CCN(CC(C)C)CC7)cc(=O)c6nc5c4c3=C2NO)NC(=O)/C(C)=C\C=C\[C@H](C)[C@H](O)[C@@H](N)[C@@H](O)[C@@H](C)[C@H](OC(C)=O)[C@@H]1C. The molecule has 3 aliphatic heterocycles.